The lowest BCUT2D eigenvalue weighted by atomic mass is 10.0. The number of aryl methyl sites for hydroxylation is 1. The van der Waals surface area contributed by atoms with Crippen molar-refractivity contribution in [3.8, 4) is 0 Å². The molecular formula is C14H18N2O2. The minimum Gasteiger partial charge on any atom is -0.329 e. The summed E-state index contributed by atoms with van der Waals surface area (Å²) in [5.41, 5.74) is 2.37. The van der Waals surface area contributed by atoms with E-state index in [9.17, 15) is 9.59 Å². The number of urea groups is 1. The summed E-state index contributed by atoms with van der Waals surface area (Å²) in [7, 11) is 0. The second-order valence-corrected chi connectivity index (χ2v) is 4.68. The van der Waals surface area contributed by atoms with Gasteiger partial charge < -0.3 is 10.2 Å². The van der Waals surface area contributed by atoms with E-state index in [-0.39, 0.29) is 24.4 Å². The molecule has 4 heteroatoms. The number of hydrogen-bond donors (Lipinski definition) is 1. The molecule has 18 heavy (non-hydrogen) atoms. The Morgan fingerprint density at radius 1 is 1.39 bits per heavy atom. The summed E-state index contributed by atoms with van der Waals surface area (Å²) < 4.78 is 0. The molecule has 1 fully saturated rings. The number of nitrogens with zero attached hydrogens (tertiary/aromatic N) is 1. The third-order valence-electron chi connectivity index (χ3n) is 3.19. The lowest BCUT2D eigenvalue weighted by Crippen LogP contribution is -2.32. The Morgan fingerprint density at radius 2 is 2.06 bits per heavy atom. The zero-order valence-electron chi connectivity index (χ0n) is 10.8. The van der Waals surface area contributed by atoms with Crippen molar-refractivity contribution in [1.29, 1.82) is 0 Å². The largest absolute Gasteiger partial charge is 0.329 e. The summed E-state index contributed by atoms with van der Waals surface area (Å²) in [6, 6.07) is 8.07. The Labute approximate surface area is 107 Å². The number of amides is 2. The van der Waals surface area contributed by atoms with E-state index in [0.717, 1.165) is 12.0 Å². The van der Waals surface area contributed by atoms with Crippen molar-refractivity contribution < 1.29 is 9.59 Å². The monoisotopic (exact) mass is 246 g/mol. The predicted octanol–water partition coefficient (Wildman–Crippen LogP) is 1.90. The molecule has 1 aliphatic rings. The fraction of sp³-hybridized carbons (Fsp3) is 0.429. The minimum atomic E-state index is -0.158. The number of Topliss-reactive ketones (excluding diaryl/α,β-unsaturated/α-hetero) is 1. The van der Waals surface area contributed by atoms with E-state index < -0.39 is 0 Å². The first-order valence-electron chi connectivity index (χ1n) is 6.24. The van der Waals surface area contributed by atoms with Crippen LogP contribution in [0.2, 0.25) is 0 Å². The van der Waals surface area contributed by atoms with Gasteiger partial charge in [-0.15, -0.1) is 0 Å². The van der Waals surface area contributed by atoms with Crippen LogP contribution < -0.4 is 5.32 Å². The highest BCUT2D eigenvalue weighted by Crippen LogP contribution is 2.20. The fourth-order valence-corrected chi connectivity index (χ4v) is 2.17. The Hall–Kier alpha value is -1.84. The van der Waals surface area contributed by atoms with E-state index in [1.165, 1.54) is 12.5 Å². The third-order valence-corrected chi connectivity index (χ3v) is 3.19. The van der Waals surface area contributed by atoms with Crippen molar-refractivity contribution in [2.75, 3.05) is 13.1 Å². The number of ketones is 1. The van der Waals surface area contributed by atoms with Gasteiger partial charge >= 0.3 is 6.03 Å². The van der Waals surface area contributed by atoms with Crippen LogP contribution in [0.25, 0.3) is 0 Å². The van der Waals surface area contributed by atoms with Gasteiger partial charge in [0, 0.05) is 6.54 Å². The van der Waals surface area contributed by atoms with E-state index in [1.54, 1.807) is 4.90 Å². The molecule has 2 amide bonds. The van der Waals surface area contributed by atoms with Crippen LogP contribution in [0.15, 0.2) is 24.3 Å². The van der Waals surface area contributed by atoms with Gasteiger partial charge in [0.1, 0.15) is 5.78 Å². The molecule has 0 aliphatic carbocycles. The predicted molar refractivity (Wildman–Crippen MR) is 69.3 cm³/mol. The van der Waals surface area contributed by atoms with Gasteiger partial charge in [-0.25, -0.2) is 4.79 Å². The van der Waals surface area contributed by atoms with Gasteiger partial charge in [0.15, 0.2) is 0 Å². The maximum absolute atomic E-state index is 11.7. The second kappa shape index (κ2) is 5.21. The second-order valence-electron chi connectivity index (χ2n) is 4.68. The molecule has 0 aromatic heterocycles. The fourth-order valence-electron chi connectivity index (χ4n) is 2.17. The van der Waals surface area contributed by atoms with Gasteiger partial charge in [0.25, 0.3) is 0 Å². The van der Waals surface area contributed by atoms with Crippen molar-refractivity contribution in [1.82, 2.24) is 10.2 Å². The van der Waals surface area contributed by atoms with Crippen LogP contribution in [-0.2, 0) is 11.2 Å². The van der Waals surface area contributed by atoms with Crippen LogP contribution in [0.1, 0.15) is 31.0 Å². The van der Waals surface area contributed by atoms with Crippen molar-refractivity contribution in [2.45, 2.75) is 26.3 Å². The average Bonchev–Trinajstić information content (AvgIpc) is 2.70. The minimum absolute atomic E-state index is 0.00660. The molecule has 1 N–H and O–H groups in total. The number of benzene rings is 1. The summed E-state index contributed by atoms with van der Waals surface area (Å²) in [6.45, 7) is 4.36. The first-order valence-corrected chi connectivity index (χ1v) is 6.24. The van der Waals surface area contributed by atoms with E-state index >= 15 is 0 Å². The van der Waals surface area contributed by atoms with Gasteiger partial charge in [-0.05, 0) is 24.5 Å². The van der Waals surface area contributed by atoms with Gasteiger partial charge in [-0.2, -0.15) is 0 Å². The van der Waals surface area contributed by atoms with Crippen molar-refractivity contribution in [2.24, 2.45) is 0 Å². The van der Waals surface area contributed by atoms with E-state index in [1.807, 2.05) is 12.1 Å². The van der Waals surface area contributed by atoms with Gasteiger partial charge in [0.2, 0.25) is 0 Å². The van der Waals surface area contributed by atoms with Crippen molar-refractivity contribution in [3.63, 3.8) is 0 Å². The lowest BCUT2D eigenvalue weighted by Gasteiger charge is -2.12. The highest BCUT2D eigenvalue weighted by atomic mass is 16.2. The maximum Gasteiger partial charge on any atom is 0.318 e. The first-order chi connectivity index (χ1) is 8.60. The molecule has 1 unspecified atom stereocenters. The van der Waals surface area contributed by atoms with Crippen LogP contribution >= 0.6 is 0 Å². The Bertz CT molecular complexity index is 453. The summed E-state index contributed by atoms with van der Waals surface area (Å²) in [5.74, 6) is 0.00660. The molecule has 1 saturated heterocycles. The maximum atomic E-state index is 11.7. The Balaban J connectivity index is 2.06. The third kappa shape index (κ3) is 2.70. The molecule has 1 atom stereocenters. The summed E-state index contributed by atoms with van der Waals surface area (Å²) in [5, 5.41) is 2.90. The van der Waals surface area contributed by atoms with Gasteiger partial charge in [-0.1, -0.05) is 31.2 Å². The van der Waals surface area contributed by atoms with Crippen LogP contribution in [0.4, 0.5) is 4.79 Å². The van der Waals surface area contributed by atoms with E-state index in [0.29, 0.717) is 6.54 Å². The van der Waals surface area contributed by atoms with Crippen LogP contribution in [0.5, 0.6) is 0 Å². The zero-order chi connectivity index (χ0) is 13.1. The molecule has 2 rings (SSSR count). The summed E-state index contributed by atoms with van der Waals surface area (Å²) >= 11 is 0. The molecule has 4 nitrogen and oxygen atoms in total. The summed E-state index contributed by atoms with van der Waals surface area (Å²) in [6.07, 6.45) is 1.01. The summed E-state index contributed by atoms with van der Waals surface area (Å²) in [4.78, 5) is 24.3. The molecule has 1 heterocycles. The van der Waals surface area contributed by atoms with Gasteiger partial charge in [-0.3, -0.25) is 4.79 Å². The number of nitrogens with one attached hydrogen (secondary N) is 1. The highest BCUT2D eigenvalue weighted by molar-refractivity contribution is 5.85. The quantitative estimate of drug-likeness (QED) is 0.882. The number of carbonyl (C=O) groups excluding carboxylic acids is 2. The van der Waals surface area contributed by atoms with E-state index in [2.05, 4.69) is 24.4 Å². The Morgan fingerprint density at radius 3 is 2.61 bits per heavy atom. The molecule has 1 aliphatic heterocycles. The smallest absolute Gasteiger partial charge is 0.318 e. The van der Waals surface area contributed by atoms with Crippen LogP contribution in [0, 0.1) is 0 Å². The Kier molecular flexibility index (Phi) is 3.65. The molecule has 96 valence electrons. The molecule has 0 radical (unpaired) electrons. The normalized spacial score (nSPS) is 18.9. The lowest BCUT2D eigenvalue weighted by molar-refractivity contribution is -0.117. The number of carbonyl (C=O) groups is 2. The van der Waals surface area contributed by atoms with E-state index in [4.69, 9.17) is 0 Å². The average molecular weight is 246 g/mol. The molecule has 0 saturated carbocycles. The molecule has 0 spiro atoms. The SMILES string of the molecule is CCc1ccc(C2CN(CC(C)=O)C(=O)N2)cc1. The van der Waals surface area contributed by atoms with Gasteiger partial charge in [0.05, 0.1) is 12.6 Å². The number of hydrogen-bond acceptors (Lipinski definition) is 2. The molecule has 1 aromatic rings. The van der Waals surface area contributed by atoms with Crippen LogP contribution in [-0.4, -0.2) is 29.8 Å². The molecule has 1 aromatic carbocycles. The van der Waals surface area contributed by atoms with Crippen LogP contribution in [0.3, 0.4) is 0 Å². The standard InChI is InChI=1S/C14H18N2O2/c1-3-11-4-6-12(7-5-11)13-9-16(8-10(2)17)14(18)15-13/h4-7,13H,3,8-9H2,1-2H3,(H,15,18). The zero-order valence-corrected chi connectivity index (χ0v) is 10.8. The van der Waals surface area contributed by atoms with Crippen molar-refractivity contribution in [3.05, 3.63) is 35.4 Å². The molecular weight excluding hydrogens is 228 g/mol. The first kappa shape index (κ1) is 12.6. The highest BCUT2D eigenvalue weighted by Gasteiger charge is 2.29. The topological polar surface area (TPSA) is 49.4 Å². The molecule has 0 bridgehead atoms. The van der Waals surface area contributed by atoms with Crippen molar-refractivity contribution >= 4 is 11.8 Å². The number of rotatable bonds is 4.